The van der Waals surface area contributed by atoms with Crippen LogP contribution in [0.4, 0.5) is 4.39 Å². The number of carbonyl (C=O) groups is 2. The number of carboxylic acids is 1. The van der Waals surface area contributed by atoms with Crippen molar-refractivity contribution >= 4 is 23.5 Å². The first-order valence-electron chi connectivity index (χ1n) is 5.29. The lowest BCUT2D eigenvalue weighted by atomic mass is 9.99. The molecule has 18 heavy (non-hydrogen) atoms. The van der Waals surface area contributed by atoms with Crippen LogP contribution >= 0.6 is 11.6 Å². The molecule has 0 heterocycles. The predicted octanol–water partition coefficient (Wildman–Crippen LogP) is 2.29. The largest absolute Gasteiger partial charge is 0.481 e. The Bertz CT molecular complexity index is 461. The van der Waals surface area contributed by atoms with E-state index < -0.39 is 23.7 Å². The molecule has 0 saturated heterocycles. The molecule has 0 bridgehead atoms. The number of aliphatic carboxylic acids is 1. The summed E-state index contributed by atoms with van der Waals surface area (Å²) in [5.41, 5.74) is 0.388. The van der Waals surface area contributed by atoms with Crippen LogP contribution in [0, 0.1) is 11.7 Å². The van der Waals surface area contributed by atoms with Gasteiger partial charge in [-0.15, -0.1) is 0 Å². The molecule has 0 aliphatic carbocycles. The number of benzene rings is 1. The summed E-state index contributed by atoms with van der Waals surface area (Å²) in [6.45, 7) is 1.68. The van der Waals surface area contributed by atoms with Gasteiger partial charge in [0, 0.05) is 5.02 Å². The van der Waals surface area contributed by atoms with Crippen LogP contribution in [0.25, 0.3) is 0 Å². The Morgan fingerprint density at radius 1 is 1.50 bits per heavy atom. The van der Waals surface area contributed by atoms with Crippen LogP contribution in [0.15, 0.2) is 18.2 Å². The highest BCUT2D eigenvalue weighted by atomic mass is 35.5. The van der Waals surface area contributed by atoms with Crippen LogP contribution in [-0.4, -0.2) is 23.7 Å². The number of carboxylic acid groups (broad SMARTS) is 1. The molecule has 0 radical (unpaired) electrons. The molecule has 1 N–H and O–H groups in total. The monoisotopic (exact) mass is 274 g/mol. The van der Waals surface area contributed by atoms with E-state index in [4.69, 9.17) is 16.7 Å². The number of carbonyl (C=O) groups excluding carboxylic acids is 1. The lowest BCUT2D eigenvalue weighted by Gasteiger charge is -2.12. The Labute approximate surface area is 108 Å². The zero-order valence-corrected chi connectivity index (χ0v) is 10.4. The molecule has 1 unspecified atom stereocenters. The first-order chi connectivity index (χ1) is 8.45. The lowest BCUT2D eigenvalue weighted by Crippen LogP contribution is -2.28. The van der Waals surface area contributed by atoms with Gasteiger partial charge in [-0.05, 0) is 31.0 Å². The molecule has 98 valence electrons. The van der Waals surface area contributed by atoms with Gasteiger partial charge < -0.3 is 9.84 Å². The number of hydrogen-bond acceptors (Lipinski definition) is 3. The van der Waals surface area contributed by atoms with E-state index in [0.717, 1.165) is 12.1 Å². The number of esters is 1. The Kier molecular flexibility index (Phi) is 5.09. The number of halogens is 2. The average molecular weight is 275 g/mol. The summed E-state index contributed by atoms with van der Waals surface area (Å²) in [5, 5.41) is 9.05. The summed E-state index contributed by atoms with van der Waals surface area (Å²) in [4.78, 5) is 22.4. The Morgan fingerprint density at radius 2 is 2.17 bits per heavy atom. The molecule has 1 aromatic carbocycles. The molecule has 0 amide bonds. The summed E-state index contributed by atoms with van der Waals surface area (Å²) in [5.74, 6) is -3.99. The molecular weight excluding hydrogens is 263 g/mol. The van der Waals surface area contributed by atoms with Crippen LogP contribution in [0.5, 0.6) is 0 Å². The van der Waals surface area contributed by atoms with E-state index >= 15 is 0 Å². The first-order valence-corrected chi connectivity index (χ1v) is 5.66. The minimum Gasteiger partial charge on any atom is -0.481 e. The third-order valence-corrected chi connectivity index (χ3v) is 2.66. The average Bonchev–Trinajstić information content (AvgIpc) is 2.27. The Balaban J connectivity index is 2.90. The molecule has 1 atom stereocenters. The van der Waals surface area contributed by atoms with Gasteiger partial charge in [0.2, 0.25) is 0 Å². The van der Waals surface area contributed by atoms with Crippen molar-refractivity contribution in [1.29, 1.82) is 0 Å². The molecule has 0 aromatic heterocycles. The second-order valence-electron chi connectivity index (χ2n) is 3.58. The molecule has 1 rings (SSSR count). The van der Waals surface area contributed by atoms with Gasteiger partial charge in [-0.3, -0.25) is 9.59 Å². The zero-order valence-electron chi connectivity index (χ0n) is 9.65. The molecule has 0 saturated carbocycles. The zero-order chi connectivity index (χ0) is 13.7. The molecule has 6 heteroatoms. The fourth-order valence-electron chi connectivity index (χ4n) is 1.42. The summed E-state index contributed by atoms with van der Waals surface area (Å²) in [7, 11) is 0. The highest BCUT2D eigenvalue weighted by Crippen LogP contribution is 2.21. The van der Waals surface area contributed by atoms with Gasteiger partial charge in [-0.25, -0.2) is 4.39 Å². The lowest BCUT2D eigenvalue weighted by molar-refractivity contribution is -0.158. The quantitative estimate of drug-likeness (QED) is 0.661. The van der Waals surface area contributed by atoms with Crippen molar-refractivity contribution in [1.82, 2.24) is 0 Å². The third-order valence-electron chi connectivity index (χ3n) is 2.31. The van der Waals surface area contributed by atoms with Crippen molar-refractivity contribution in [3.63, 3.8) is 0 Å². The van der Waals surface area contributed by atoms with E-state index in [1.165, 1.54) is 6.07 Å². The van der Waals surface area contributed by atoms with E-state index in [1.807, 2.05) is 0 Å². The molecule has 1 aromatic rings. The van der Waals surface area contributed by atoms with Crippen molar-refractivity contribution in [3.8, 4) is 0 Å². The van der Waals surface area contributed by atoms with E-state index in [1.54, 1.807) is 6.92 Å². The van der Waals surface area contributed by atoms with Gasteiger partial charge in [0.1, 0.15) is 5.82 Å². The normalized spacial score (nSPS) is 11.9. The Hall–Kier alpha value is -1.62. The topological polar surface area (TPSA) is 63.6 Å². The van der Waals surface area contributed by atoms with Crippen LogP contribution < -0.4 is 0 Å². The third kappa shape index (κ3) is 3.70. The maximum absolute atomic E-state index is 12.8. The fraction of sp³-hybridized carbons (Fsp3) is 0.333. The summed E-state index contributed by atoms with van der Waals surface area (Å²) >= 11 is 5.77. The van der Waals surface area contributed by atoms with E-state index in [9.17, 15) is 14.0 Å². The van der Waals surface area contributed by atoms with Crippen molar-refractivity contribution in [2.75, 3.05) is 6.61 Å². The SMILES string of the molecule is CCOC(=O)C(Cc1ccc(F)cc1Cl)C(=O)O. The van der Waals surface area contributed by atoms with Crippen molar-refractivity contribution < 1.29 is 23.8 Å². The van der Waals surface area contributed by atoms with Gasteiger partial charge in [-0.1, -0.05) is 17.7 Å². The predicted molar refractivity (Wildman–Crippen MR) is 62.9 cm³/mol. The molecule has 0 fully saturated rings. The highest BCUT2D eigenvalue weighted by molar-refractivity contribution is 6.31. The number of hydrogen-bond donors (Lipinski definition) is 1. The van der Waals surface area contributed by atoms with E-state index in [0.29, 0.717) is 5.56 Å². The van der Waals surface area contributed by atoms with Crippen molar-refractivity contribution in [2.24, 2.45) is 5.92 Å². The Morgan fingerprint density at radius 3 is 2.67 bits per heavy atom. The van der Waals surface area contributed by atoms with Gasteiger partial charge in [0.05, 0.1) is 6.61 Å². The molecule has 4 nitrogen and oxygen atoms in total. The van der Waals surface area contributed by atoms with Gasteiger partial charge in [0.25, 0.3) is 0 Å². The highest BCUT2D eigenvalue weighted by Gasteiger charge is 2.28. The number of ether oxygens (including phenoxy) is 1. The van der Waals surface area contributed by atoms with E-state index in [2.05, 4.69) is 4.74 Å². The maximum atomic E-state index is 12.8. The van der Waals surface area contributed by atoms with Crippen LogP contribution in [0.3, 0.4) is 0 Å². The van der Waals surface area contributed by atoms with Gasteiger partial charge in [-0.2, -0.15) is 0 Å². The minimum absolute atomic E-state index is 0.0885. The van der Waals surface area contributed by atoms with Crippen LogP contribution in [-0.2, 0) is 20.7 Å². The van der Waals surface area contributed by atoms with Crippen LogP contribution in [0.2, 0.25) is 5.02 Å². The molecule has 0 spiro atoms. The van der Waals surface area contributed by atoms with Crippen molar-refractivity contribution in [2.45, 2.75) is 13.3 Å². The van der Waals surface area contributed by atoms with Crippen molar-refractivity contribution in [3.05, 3.63) is 34.6 Å². The maximum Gasteiger partial charge on any atom is 0.320 e. The smallest absolute Gasteiger partial charge is 0.320 e. The number of rotatable bonds is 5. The van der Waals surface area contributed by atoms with Crippen LogP contribution in [0.1, 0.15) is 12.5 Å². The minimum atomic E-state index is -1.34. The molecule has 0 aliphatic rings. The van der Waals surface area contributed by atoms with Gasteiger partial charge >= 0.3 is 11.9 Å². The fourth-order valence-corrected chi connectivity index (χ4v) is 1.67. The molecule has 0 aliphatic heterocycles. The second-order valence-corrected chi connectivity index (χ2v) is 3.99. The van der Waals surface area contributed by atoms with Gasteiger partial charge in [0.15, 0.2) is 5.92 Å². The summed E-state index contributed by atoms with van der Waals surface area (Å²) in [6.07, 6.45) is -0.132. The first kappa shape index (κ1) is 14.4. The standard InChI is InChI=1S/C12H12ClFO4/c1-2-18-12(17)9(11(15)16)5-7-3-4-8(14)6-10(7)13/h3-4,6,9H,2,5H2,1H3,(H,15,16). The van der Waals surface area contributed by atoms with E-state index in [-0.39, 0.29) is 18.1 Å². The second kappa shape index (κ2) is 6.35. The summed E-state index contributed by atoms with van der Waals surface area (Å²) < 4.78 is 17.5. The summed E-state index contributed by atoms with van der Waals surface area (Å²) in [6, 6.07) is 3.58. The molecular formula is C12H12ClFO4.